The van der Waals surface area contributed by atoms with E-state index in [1.165, 1.54) is 18.8 Å². The van der Waals surface area contributed by atoms with Crippen molar-refractivity contribution in [1.82, 2.24) is 10.2 Å². The van der Waals surface area contributed by atoms with Gasteiger partial charge in [0.2, 0.25) is 5.91 Å². The van der Waals surface area contributed by atoms with E-state index in [0.717, 1.165) is 25.9 Å². The molecule has 17 heavy (non-hydrogen) atoms. The molecule has 0 saturated carbocycles. The van der Waals surface area contributed by atoms with Crippen LogP contribution in [-0.4, -0.2) is 47.8 Å². The molecule has 1 saturated heterocycles. The van der Waals surface area contributed by atoms with E-state index >= 15 is 0 Å². The van der Waals surface area contributed by atoms with Gasteiger partial charge in [0.1, 0.15) is 5.04 Å². The Balaban J connectivity index is 2.24. The molecule has 0 bridgehead atoms. The van der Waals surface area contributed by atoms with Crippen LogP contribution in [0.15, 0.2) is 5.16 Å². The van der Waals surface area contributed by atoms with Crippen LogP contribution in [0.3, 0.4) is 0 Å². The summed E-state index contributed by atoms with van der Waals surface area (Å²) < 4.78 is 0. The molecule has 0 aromatic rings. The number of amides is 2. The maximum absolute atomic E-state index is 11.7. The quantitative estimate of drug-likeness (QED) is 0.356. The van der Waals surface area contributed by atoms with E-state index in [9.17, 15) is 9.59 Å². The van der Waals surface area contributed by atoms with Crippen LogP contribution < -0.4 is 5.32 Å². The standard InChI is InChI=1S/C10H17N3O3S/c1-8(12-16-10(15)11-2)17-7-9(14)13-5-3-4-6-13/h3-7H2,1-2H3,(H,11,15)/b12-8-. The minimum absolute atomic E-state index is 0.113. The van der Waals surface area contributed by atoms with Crippen molar-refractivity contribution in [3.05, 3.63) is 0 Å². The zero-order valence-electron chi connectivity index (χ0n) is 10.1. The van der Waals surface area contributed by atoms with Gasteiger partial charge in [0, 0.05) is 20.1 Å². The monoisotopic (exact) mass is 259 g/mol. The zero-order valence-corrected chi connectivity index (χ0v) is 10.9. The fourth-order valence-corrected chi connectivity index (χ4v) is 2.01. The van der Waals surface area contributed by atoms with Crippen molar-refractivity contribution in [2.45, 2.75) is 19.8 Å². The highest BCUT2D eigenvalue weighted by atomic mass is 32.2. The highest BCUT2D eigenvalue weighted by Crippen LogP contribution is 2.11. The first kappa shape index (κ1) is 13.8. The summed E-state index contributed by atoms with van der Waals surface area (Å²) >= 11 is 1.28. The van der Waals surface area contributed by atoms with E-state index in [-0.39, 0.29) is 5.91 Å². The van der Waals surface area contributed by atoms with Crippen LogP contribution in [0.2, 0.25) is 0 Å². The highest BCUT2D eigenvalue weighted by Gasteiger charge is 2.17. The lowest BCUT2D eigenvalue weighted by Gasteiger charge is -2.14. The average Bonchev–Trinajstić information content (AvgIpc) is 2.86. The van der Waals surface area contributed by atoms with E-state index in [1.807, 2.05) is 4.90 Å². The summed E-state index contributed by atoms with van der Waals surface area (Å²) in [6.45, 7) is 3.40. The van der Waals surface area contributed by atoms with Crippen molar-refractivity contribution >= 4 is 28.8 Å². The van der Waals surface area contributed by atoms with Gasteiger partial charge in [0.15, 0.2) is 0 Å². The molecule has 7 heteroatoms. The summed E-state index contributed by atoms with van der Waals surface area (Å²) in [5.41, 5.74) is 0. The van der Waals surface area contributed by atoms with Gasteiger partial charge in [-0.25, -0.2) is 4.79 Å². The first-order valence-electron chi connectivity index (χ1n) is 5.47. The number of hydrogen-bond donors (Lipinski definition) is 1. The van der Waals surface area contributed by atoms with E-state index in [4.69, 9.17) is 0 Å². The molecule has 1 heterocycles. The average molecular weight is 259 g/mol. The number of rotatable bonds is 3. The molecule has 0 aliphatic carbocycles. The van der Waals surface area contributed by atoms with Gasteiger partial charge in [-0.05, 0) is 19.8 Å². The Bertz CT molecular complexity index is 314. The molecule has 1 rings (SSSR count). The predicted molar refractivity (Wildman–Crippen MR) is 66.9 cm³/mol. The molecule has 0 aromatic carbocycles. The Morgan fingerprint density at radius 1 is 1.41 bits per heavy atom. The van der Waals surface area contributed by atoms with Crippen LogP contribution in [-0.2, 0) is 9.63 Å². The second kappa shape index (κ2) is 7.16. The summed E-state index contributed by atoms with van der Waals surface area (Å²) in [6.07, 6.45) is 1.56. The number of hydrogen-bond acceptors (Lipinski definition) is 5. The normalized spacial score (nSPS) is 15.9. The third-order valence-electron chi connectivity index (χ3n) is 2.32. The number of nitrogens with one attached hydrogen (secondary N) is 1. The molecule has 0 unspecified atom stereocenters. The molecule has 1 aliphatic heterocycles. The summed E-state index contributed by atoms with van der Waals surface area (Å²) in [5, 5.41) is 6.42. The fourth-order valence-electron chi connectivity index (χ4n) is 1.40. The third kappa shape index (κ3) is 5.08. The van der Waals surface area contributed by atoms with Gasteiger partial charge < -0.3 is 10.2 Å². The molecule has 1 aliphatic rings. The minimum Gasteiger partial charge on any atom is -0.342 e. The molecule has 0 spiro atoms. The molecule has 1 fully saturated rings. The molecule has 1 N–H and O–H groups in total. The first-order chi connectivity index (χ1) is 8.13. The molecule has 6 nitrogen and oxygen atoms in total. The van der Waals surface area contributed by atoms with E-state index in [1.54, 1.807) is 6.92 Å². The van der Waals surface area contributed by atoms with Gasteiger partial charge in [-0.1, -0.05) is 16.9 Å². The number of nitrogens with zero attached hydrogens (tertiary/aromatic N) is 2. The molecule has 0 aromatic heterocycles. The van der Waals surface area contributed by atoms with Gasteiger partial charge in [-0.3, -0.25) is 9.63 Å². The molecule has 0 atom stereocenters. The molecule has 2 amide bonds. The van der Waals surface area contributed by atoms with Gasteiger partial charge in [0.25, 0.3) is 0 Å². The summed E-state index contributed by atoms with van der Waals surface area (Å²) in [4.78, 5) is 28.8. The number of oxime groups is 1. The van der Waals surface area contributed by atoms with Crippen LogP contribution in [0.1, 0.15) is 19.8 Å². The highest BCUT2D eigenvalue weighted by molar-refractivity contribution is 8.14. The van der Waals surface area contributed by atoms with E-state index < -0.39 is 6.09 Å². The molecule has 96 valence electrons. The van der Waals surface area contributed by atoms with Gasteiger partial charge in [0.05, 0.1) is 5.75 Å². The second-order valence-corrected chi connectivity index (χ2v) is 4.78. The van der Waals surface area contributed by atoms with Gasteiger partial charge >= 0.3 is 6.09 Å². The SMILES string of the molecule is CNC(=O)O/N=C(/C)SCC(=O)N1CCCC1. The predicted octanol–water partition coefficient (Wildman–Crippen LogP) is 1.03. The van der Waals surface area contributed by atoms with Crippen LogP contribution >= 0.6 is 11.8 Å². The van der Waals surface area contributed by atoms with Crippen molar-refractivity contribution in [3.63, 3.8) is 0 Å². The number of thioether (sulfide) groups is 1. The topological polar surface area (TPSA) is 71.0 Å². The van der Waals surface area contributed by atoms with Crippen LogP contribution in [0.25, 0.3) is 0 Å². The summed E-state index contributed by atoms with van der Waals surface area (Å²) in [5.74, 6) is 0.453. The molecular formula is C10H17N3O3S. The number of carbonyl (C=O) groups is 2. The lowest BCUT2D eigenvalue weighted by molar-refractivity contribution is -0.127. The number of likely N-dealkylation sites (tertiary alicyclic amines) is 1. The van der Waals surface area contributed by atoms with Crippen LogP contribution in [0.5, 0.6) is 0 Å². The summed E-state index contributed by atoms with van der Waals surface area (Å²) in [7, 11) is 1.46. The maximum Gasteiger partial charge on any atom is 0.433 e. The van der Waals surface area contributed by atoms with E-state index in [2.05, 4.69) is 15.3 Å². The first-order valence-corrected chi connectivity index (χ1v) is 6.46. The smallest absolute Gasteiger partial charge is 0.342 e. The van der Waals surface area contributed by atoms with Crippen molar-refractivity contribution < 1.29 is 14.4 Å². The Morgan fingerprint density at radius 3 is 2.65 bits per heavy atom. The Labute approximate surface area is 105 Å². The minimum atomic E-state index is -0.615. The van der Waals surface area contributed by atoms with Gasteiger partial charge in [-0.15, -0.1) is 0 Å². The lowest BCUT2D eigenvalue weighted by Crippen LogP contribution is -2.29. The summed E-state index contributed by atoms with van der Waals surface area (Å²) in [6, 6.07) is 0. The molecule has 0 radical (unpaired) electrons. The van der Waals surface area contributed by atoms with Crippen LogP contribution in [0, 0.1) is 0 Å². The van der Waals surface area contributed by atoms with Crippen molar-refractivity contribution in [3.8, 4) is 0 Å². The van der Waals surface area contributed by atoms with Gasteiger partial charge in [-0.2, -0.15) is 0 Å². The molecular weight excluding hydrogens is 242 g/mol. The largest absolute Gasteiger partial charge is 0.433 e. The Kier molecular flexibility index (Phi) is 5.82. The Hall–Kier alpha value is -1.24. The number of carbonyl (C=O) groups excluding carboxylic acids is 2. The zero-order chi connectivity index (χ0) is 12.7. The second-order valence-electron chi connectivity index (χ2n) is 3.62. The fraction of sp³-hybridized carbons (Fsp3) is 0.700. The van der Waals surface area contributed by atoms with Crippen LogP contribution in [0.4, 0.5) is 4.79 Å². The lowest BCUT2D eigenvalue weighted by atomic mass is 10.4. The van der Waals surface area contributed by atoms with Crippen molar-refractivity contribution in [2.75, 3.05) is 25.9 Å². The third-order valence-corrected chi connectivity index (χ3v) is 3.21. The van der Waals surface area contributed by atoms with Crippen molar-refractivity contribution in [2.24, 2.45) is 5.16 Å². The Morgan fingerprint density at radius 2 is 2.06 bits per heavy atom. The van der Waals surface area contributed by atoms with E-state index in [0.29, 0.717) is 10.8 Å². The van der Waals surface area contributed by atoms with Crippen molar-refractivity contribution in [1.29, 1.82) is 0 Å². The maximum atomic E-state index is 11.7.